The van der Waals surface area contributed by atoms with Crippen molar-refractivity contribution in [2.24, 2.45) is 5.92 Å². The van der Waals surface area contributed by atoms with Crippen LogP contribution in [0.25, 0.3) is 0 Å². The van der Waals surface area contributed by atoms with Gasteiger partial charge in [0.1, 0.15) is 0 Å². The fourth-order valence-corrected chi connectivity index (χ4v) is 0.831. The van der Waals surface area contributed by atoms with Gasteiger partial charge in [0.25, 0.3) is 0 Å². The Morgan fingerprint density at radius 3 is 2.11 bits per heavy atom. The first-order chi connectivity index (χ1) is 4.02. The lowest BCUT2D eigenvalue weighted by Crippen LogP contribution is -2.27. The Hall–Kier alpha value is -0.400. The lowest BCUT2D eigenvalue weighted by molar-refractivity contribution is -0.129. The molecule has 1 aliphatic rings. The van der Waals surface area contributed by atoms with Crippen molar-refractivity contribution in [3.63, 3.8) is 0 Å². The van der Waals surface area contributed by atoms with Gasteiger partial charge >= 0.3 is 0 Å². The summed E-state index contributed by atoms with van der Waals surface area (Å²) in [6.07, 6.45) is 1.79. The second kappa shape index (κ2) is 1.79. The summed E-state index contributed by atoms with van der Waals surface area (Å²) < 4.78 is 12.7. The van der Waals surface area contributed by atoms with Gasteiger partial charge in [-0.1, -0.05) is 0 Å². The van der Waals surface area contributed by atoms with Crippen LogP contribution in [0.2, 0.25) is 0 Å². The normalized spacial score (nSPS) is 19.9. The third-order valence-corrected chi connectivity index (χ3v) is 1.53. The summed E-state index contributed by atoms with van der Waals surface area (Å²) in [6, 6.07) is 0. The van der Waals surface area contributed by atoms with Gasteiger partial charge < -0.3 is 0 Å². The zero-order valence-electron chi connectivity index (χ0n) is 5.78. The molecule has 0 radical (unpaired) electrons. The molecule has 0 amide bonds. The van der Waals surface area contributed by atoms with Crippen LogP contribution in [0.4, 0.5) is 4.39 Å². The highest BCUT2D eigenvalue weighted by Gasteiger charge is 2.39. The molecule has 1 nitrogen and oxygen atoms in total. The molecular formula is C7H11FO. The van der Waals surface area contributed by atoms with Crippen molar-refractivity contribution < 1.29 is 9.18 Å². The molecule has 1 aliphatic carbocycles. The van der Waals surface area contributed by atoms with Crippen molar-refractivity contribution in [2.75, 3.05) is 0 Å². The number of carbonyl (C=O) groups is 1. The van der Waals surface area contributed by atoms with Crippen molar-refractivity contribution in [1.29, 1.82) is 0 Å². The maximum atomic E-state index is 12.7. The predicted octanol–water partition coefficient (Wildman–Crippen LogP) is 1.71. The summed E-state index contributed by atoms with van der Waals surface area (Å²) in [5.74, 6) is -0.174. The van der Waals surface area contributed by atoms with Gasteiger partial charge in [-0.15, -0.1) is 0 Å². The fourth-order valence-electron chi connectivity index (χ4n) is 0.831. The Balaban J connectivity index is 2.50. The van der Waals surface area contributed by atoms with E-state index in [2.05, 4.69) is 0 Å². The second-order valence-corrected chi connectivity index (χ2v) is 3.11. The third-order valence-electron chi connectivity index (χ3n) is 1.53. The Morgan fingerprint density at radius 2 is 2.00 bits per heavy atom. The summed E-state index contributed by atoms with van der Waals surface area (Å²) in [7, 11) is 0. The average Bonchev–Trinajstić information content (AvgIpc) is 2.40. The zero-order valence-corrected chi connectivity index (χ0v) is 5.78. The molecule has 0 atom stereocenters. The molecule has 0 aromatic carbocycles. The minimum absolute atomic E-state index is 0.0463. The summed E-state index contributed by atoms with van der Waals surface area (Å²) >= 11 is 0. The molecule has 0 aromatic rings. The van der Waals surface area contributed by atoms with Crippen LogP contribution in [0.1, 0.15) is 26.7 Å². The van der Waals surface area contributed by atoms with Crippen LogP contribution >= 0.6 is 0 Å². The molecule has 1 fully saturated rings. The number of hydrogen-bond acceptors (Lipinski definition) is 1. The van der Waals surface area contributed by atoms with E-state index in [0.717, 1.165) is 12.8 Å². The van der Waals surface area contributed by atoms with Crippen LogP contribution in [0.3, 0.4) is 0 Å². The van der Waals surface area contributed by atoms with Crippen molar-refractivity contribution in [1.82, 2.24) is 0 Å². The van der Waals surface area contributed by atoms with Crippen LogP contribution in [0.5, 0.6) is 0 Å². The molecule has 2 heteroatoms. The Labute approximate surface area is 54.3 Å². The molecular weight excluding hydrogens is 119 g/mol. The van der Waals surface area contributed by atoms with Crippen LogP contribution in [0, 0.1) is 5.92 Å². The van der Waals surface area contributed by atoms with E-state index in [1.807, 2.05) is 0 Å². The molecule has 0 bridgehead atoms. The number of alkyl halides is 1. The van der Waals surface area contributed by atoms with Crippen LogP contribution in [-0.2, 0) is 4.79 Å². The van der Waals surface area contributed by atoms with E-state index in [9.17, 15) is 9.18 Å². The quantitative estimate of drug-likeness (QED) is 0.556. The lowest BCUT2D eigenvalue weighted by Gasteiger charge is -2.10. The summed E-state index contributed by atoms with van der Waals surface area (Å²) in [4.78, 5) is 10.9. The molecule has 9 heavy (non-hydrogen) atoms. The highest BCUT2D eigenvalue weighted by Crippen LogP contribution is 2.34. The predicted molar refractivity (Wildman–Crippen MR) is 32.9 cm³/mol. The molecule has 0 unspecified atom stereocenters. The van der Waals surface area contributed by atoms with E-state index in [4.69, 9.17) is 0 Å². The smallest absolute Gasteiger partial charge is 0.172 e. The van der Waals surface area contributed by atoms with E-state index in [1.54, 1.807) is 0 Å². The third kappa shape index (κ3) is 1.50. The Kier molecular flexibility index (Phi) is 1.34. The fraction of sp³-hybridized carbons (Fsp3) is 0.857. The van der Waals surface area contributed by atoms with Gasteiger partial charge in [-0.2, -0.15) is 0 Å². The van der Waals surface area contributed by atoms with E-state index in [1.165, 1.54) is 13.8 Å². The SMILES string of the molecule is CC(C)(F)C(=O)C1CC1. The number of carbonyl (C=O) groups excluding carboxylic acids is 1. The standard InChI is InChI=1S/C7H11FO/c1-7(2,8)6(9)5-3-4-5/h5H,3-4H2,1-2H3. The van der Waals surface area contributed by atoms with E-state index < -0.39 is 5.67 Å². The van der Waals surface area contributed by atoms with Gasteiger partial charge in [-0.05, 0) is 26.7 Å². The molecule has 0 spiro atoms. The zero-order chi connectivity index (χ0) is 7.07. The van der Waals surface area contributed by atoms with E-state index >= 15 is 0 Å². The lowest BCUT2D eigenvalue weighted by atomic mass is 10.0. The van der Waals surface area contributed by atoms with Gasteiger partial charge in [0.2, 0.25) is 0 Å². The Bertz CT molecular complexity index is 130. The topological polar surface area (TPSA) is 17.1 Å². The minimum atomic E-state index is -1.60. The van der Waals surface area contributed by atoms with Crippen molar-refractivity contribution in [3.8, 4) is 0 Å². The minimum Gasteiger partial charge on any atom is -0.296 e. The molecule has 52 valence electrons. The summed E-state index contributed by atoms with van der Waals surface area (Å²) in [5, 5.41) is 0. The van der Waals surface area contributed by atoms with Gasteiger partial charge in [0, 0.05) is 5.92 Å². The molecule has 0 aromatic heterocycles. The molecule has 1 saturated carbocycles. The number of Topliss-reactive ketones (excluding diaryl/α,β-unsaturated/α-hetero) is 1. The number of ketones is 1. The maximum absolute atomic E-state index is 12.7. The number of rotatable bonds is 2. The second-order valence-electron chi connectivity index (χ2n) is 3.11. The molecule has 0 aliphatic heterocycles. The van der Waals surface area contributed by atoms with Gasteiger partial charge in [0.15, 0.2) is 11.5 Å². The molecule has 0 heterocycles. The molecule has 1 rings (SSSR count). The molecule has 0 N–H and O–H groups in total. The van der Waals surface area contributed by atoms with Crippen LogP contribution in [0.15, 0.2) is 0 Å². The van der Waals surface area contributed by atoms with Crippen molar-refractivity contribution in [3.05, 3.63) is 0 Å². The first-order valence-electron chi connectivity index (χ1n) is 3.25. The van der Waals surface area contributed by atoms with Gasteiger partial charge in [-0.25, -0.2) is 4.39 Å². The monoisotopic (exact) mass is 130 g/mol. The van der Waals surface area contributed by atoms with Crippen LogP contribution in [-0.4, -0.2) is 11.5 Å². The first-order valence-corrected chi connectivity index (χ1v) is 3.25. The average molecular weight is 130 g/mol. The van der Waals surface area contributed by atoms with Crippen molar-refractivity contribution >= 4 is 5.78 Å². The highest BCUT2D eigenvalue weighted by molar-refractivity contribution is 5.90. The Morgan fingerprint density at radius 1 is 1.56 bits per heavy atom. The van der Waals surface area contributed by atoms with Crippen LogP contribution < -0.4 is 0 Å². The number of hydrogen-bond donors (Lipinski definition) is 0. The maximum Gasteiger partial charge on any atom is 0.172 e. The van der Waals surface area contributed by atoms with Gasteiger partial charge in [-0.3, -0.25) is 4.79 Å². The first kappa shape index (κ1) is 6.72. The number of halogens is 1. The van der Waals surface area contributed by atoms with E-state index in [0.29, 0.717) is 0 Å². The highest BCUT2D eigenvalue weighted by atomic mass is 19.1. The molecule has 0 saturated heterocycles. The van der Waals surface area contributed by atoms with Gasteiger partial charge in [0.05, 0.1) is 0 Å². The largest absolute Gasteiger partial charge is 0.296 e. The van der Waals surface area contributed by atoms with E-state index in [-0.39, 0.29) is 11.7 Å². The summed E-state index contributed by atoms with van der Waals surface area (Å²) in [6.45, 7) is 2.65. The summed E-state index contributed by atoms with van der Waals surface area (Å²) in [5.41, 5.74) is -1.60. The van der Waals surface area contributed by atoms with Crippen molar-refractivity contribution in [2.45, 2.75) is 32.4 Å².